The zero-order chi connectivity index (χ0) is 15.2. The summed E-state index contributed by atoms with van der Waals surface area (Å²) in [7, 11) is 0. The molecule has 6 nitrogen and oxygen atoms in total. The number of halogens is 1. The molecule has 4 rings (SSSR count). The molecule has 22 heavy (non-hydrogen) atoms. The third-order valence-corrected chi connectivity index (χ3v) is 4.59. The van der Waals surface area contributed by atoms with Gasteiger partial charge in [0, 0.05) is 10.0 Å². The molecule has 0 atom stereocenters. The fourth-order valence-electron chi connectivity index (χ4n) is 2.52. The Morgan fingerprint density at radius 2 is 2.00 bits per heavy atom. The molecule has 0 spiro atoms. The Hall–Kier alpha value is -1.99. The molecular formula is C15H14BrN5O. The van der Waals surface area contributed by atoms with Crippen LogP contribution in [-0.2, 0) is 5.54 Å². The minimum absolute atomic E-state index is 0.419. The molecule has 0 bridgehead atoms. The van der Waals surface area contributed by atoms with Gasteiger partial charge in [0.15, 0.2) is 5.82 Å². The molecule has 1 aromatic carbocycles. The SMILES string of the molecule is NC1(c2noc(-c3cc(-c4ccc(Br)cc4)n[nH]3)n2)CCC1. The zero-order valence-electron chi connectivity index (χ0n) is 11.7. The van der Waals surface area contributed by atoms with Gasteiger partial charge in [-0.2, -0.15) is 10.1 Å². The van der Waals surface area contributed by atoms with E-state index in [4.69, 9.17) is 10.3 Å². The van der Waals surface area contributed by atoms with Gasteiger partial charge in [-0.1, -0.05) is 33.2 Å². The van der Waals surface area contributed by atoms with Crippen LogP contribution in [0.25, 0.3) is 22.8 Å². The Kier molecular flexibility index (Phi) is 3.12. The van der Waals surface area contributed by atoms with Crippen LogP contribution in [0.1, 0.15) is 25.1 Å². The lowest BCUT2D eigenvalue weighted by Crippen LogP contribution is -2.44. The minimum Gasteiger partial charge on any atom is -0.332 e. The monoisotopic (exact) mass is 359 g/mol. The summed E-state index contributed by atoms with van der Waals surface area (Å²) < 4.78 is 6.35. The van der Waals surface area contributed by atoms with E-state index in [1.54, 1.807) is 0 Å². The second kappa shape index (κ2) is 5.03. The van der Waals surface area contributed by atoms with Crippen LogP contribution in [0.4, 0.5) is 0 Å². The number of H-pyrrole nitrogens is 1. The highest BCUT2D eigenvalue weighted by atomic mass is 79.9. The largest absolute Gasteiger partial charge is 0.332 e. The van der Waals surface area contributed by atoms with E-state index >= 15 is 0 Å². The van der Waals surface area contributed by atoms with E-state index in [1.165, 1.54) is 0 Å². The Morgan fingerprint density at radius 1 is 1.23 bits per heavy atom. The third-order valence-electron chi connectivity index (χ3n) is 4.07. The molecule has 3 aromatic rings. The molecule has 2 aromatic heterocycles. The number of hydrogen-bond donors (Lipinski definition) is 2. The van der Waals surface area contributed by atoms with Gasteiger partial charge < -0.3 is 10.3 Å². The van der Waals surface area contributed by atoms with Gasteiger partial charge in [0.25, 0.3) is 5.89 Å². The number of aromatic amines is 1. The van der Waals surface area contributed by atoms with E-state index in [0.717, 1.165) is 35.0 Å². The van der Waals surface area contributed by atoms with Gasteiger partial charge in [-0.3, -0.25) is 5.10 Å². The molecule has 7 heteroatoms. The molecule has 1 saturated carbocycles. The first-order valence-electron chi connectivity index (χ1n) is 7.09. The number of nitrogens with two attached hydrogens (primary N) is 1. The first kappa shape index (κ1) is 13.7. The van der Waals surface area contributed by atoms with E-state index < -0.39 is 5.54 Å². The van der Waals surface area contributed by atoms with Gasteiger partial charge in [-0.05, 0) is 37.5 Å². The molecule has 0 radical (unpaired) electrons. The normalized spacial score (nSPS) is 16.5. The number of rotatable bonds is 3. The first-order valence-corrected chi connectivity index (χ1v) is 7.88. The van der Waals surface area contributed by atoms with Crippen molar-refractivity contribution >= 4 is 15.9 Å². The molecule has 0 saturated heterocycles. The maximum Gasteiger partial charge on any atom is 0.276 e. The van der Waals surface area contributed by atoms with Crippen LogP contribution < -0.4 is 5.73 Å². The van der Waals surface area contributed by atoms with Crippen LogP contribution in [0, 0.1) is 0 Å². The van der Waals surface area contributed by atoms with Crippen molar-refractivity contribution in [3.05, 3.63) is 40.6 Å². The topological polar surface area (TPSA) is 93.6 Å². The summed E-state index contributed by atoms with van der Waals surface area (Å²) in [4.78, 5) is 4.41. The van der Waals surface area contributed by atoms with Gasteiger partial charge in [0.1, 0.15) is 5.69 Å². The van der Waals surface area contributed by atoms with Crippen molar-refractivity contribution in [2.45, 2.75) is 24.8 Å². The number of hydrogen-bond acceptors (Lipinski definition) is 5. The van der Waals surface area contributed by atoms with Crippen molar-refractivity contribution in [3.63, 3.8) is 0 Å². The van der Waals surface area contributed by atoms with Crippen LogP contribution in [-0.4, -0.2) is 20.3 Å². The highest BCUT2D eigenvalue weighted by Crippen LogP contribution is 2.37. The summed E-state index contributed by atoms with van der Waals surface area (Å²) >= 11 is 3.42. The van der Waals surface area contributed by atoms with Gasteiger partial charge in [-0.15, -0.1) is 0 Å². The number of nitrogens with zero attached hydrogens (tertiary/aromatic N) is 3. The van der Waals surface area contributed by atoms with Gasteiger partial charge in [-0.25, -0.2) is 0 Å². The maximum atomic E-state index is 6.21. The Labute approximate surface area is 135 Å². The Morgan fingerprint density at radius 3 is 2.68 bits per heavy atom. The van der Waals surface area contributed by atoms with E-state index in [-0.39, 0.29) is 0 Å². The molecule has 1 fully saturated rings. The Balaban J connectivity index is 1.63. The Bertz CT molecular complexity index is 803. The van der Waals surface area contributed by atoms with Crippen molar-refractivity contribution in [1.82, 2.24) is 20.3 Å². The second-order valence-corrected chi connectivity index (χ2v) is 6.52. The smallest absolute Gasteiger partial charge is 0.276 e. The van der Waals surface area contributed by atoms with E-state index in [9.17, 15) is 0 Å². The lowest BCUT2D eigenvalue weighted by atomic mass is 9.77. The van der Waals surface area contributed by atoms with Crippen molar-refractivity contribution in [3.8, 4) is 22.8 Å². The number of aromatic nitrogens is 4. The molecule has 1 aliphatic carbocycles. The average molecular weight is 360 g/mol. The predicted octanol–water partition coefficient (Wildman–Crippen LogP) is 3.23. The highest BCUT2D eigenvalue weighted by Gasteiger charge is 2.39. The van der Waals surface area contributed by atoms with Crippen molar-refractivity contribution in [2.75, 3.05) is 0 Å². The van der Waals surface area contributed by atoms with Crippen LogP contribution in [0.5, 0.6) is 0 Å². The number of benzene rings is 1. The van der Waals surface area contributed by atoms with Gasteiger partial charge in [0.05, 0.1) is 11.2 Å². The average Bonchev–Trinajstić information content (AvgIpc) is 3.14. The summed E-state index contributed by atoms with van der Waals surface area (Å²) in [5.74, 6) is 0.996. The van der Waals surface area contributed by atoms with Crippen molar-refractivity contribution < 1.29 is 4.52 Å². The van der Waals surface area contributed by atoms with E-state index in [2.05, 4.69) is 36.3 Å². The summed E-state index contributed by atoms with van der Waals surface area (Å²) in [5, 5.41) is 11.3. The predicted molar refractivity (Wildman–Crippen MR) is 84.7 cm³/mol. The van der Waals surface area contributed by atoms with E-state index in [0.29, 0.717) is 17.4 Å². The fourth-order valence-corrected chi connectivity index (χ4v) is 2.78. The lowest BCUT2D eigenvalue weighted by molar-refractivity contribution is 0.229. The summed E-state index contributed by atoms with van der Waals surface area (Å²) in [6, 6.07) is 9.83. The van der Waals surface area contributed by atoms with Crippen molar-refractivity contribution in [1.29, 1.82) is 0 Å². The fraction of sp³-hybridized carbons (Fsp3) is 0.267. The van der Waals surface area contributed by atoms with Crippen LogP contribution in [0.2, 0.25) is 0 Å². The molecule has 0 aliphatic heterocycles. The molecule has 2 heterocycles. The summed E-state index contributed by atoms with van der Waals surface area (Å²) in [6.45, 7) is 0. The summed E-state index contributed by atoms with van der Waals surface area (Å²) in [6.07, 6.45) is 2.91. The lowest BCUT2D eigenvalue weighted by Gasteiger charge is -2.34. The van der Waals surface area contributed by atoms with E-state index in [1.807, 2.05) is 30.3 Å². The first-order chi connectivity index (χ1) is 10.6. The second-order valence-electron chi connectivity index (χ2n) is 5.61. The highest BCUT2D eigenvalue weighted by molar-refractivity contribution is 9.10. The van der Waals surface area contributed by atoms with Crippen LogP contribution in [0.3, 0.4) is 0 Å². The molecular weight excluding hydrogens is 346 g/mol. The summed E-state index contributed by atoms with van der Waals surface area (Å²) in [5.41, 5.74) is 8.33. The zero-order valence-corrected chi connectivity index (χ0v) is 13.3. The van der Waals surface area contributed by atoms with Gasteiger partial charge >= 0.3 is 0 Å². The quantitative estimate of drug-likeness (QED) is 0.748. The molecule has 0 unspecified atom stereocenters. The minimum atomic E-state index is -0.420. The van der Waals surface area contributed by atoms with Crippen molar-refractivity contribution in [2.24, 2.45) is 5.73 Å². The van der Waals surface area contributed by atoms with Crippen LogP contribution in [0.15, 0.2) is 39.3 Å². The standard InChI is InChI=1S/C15H14BrN5O/c16-10-4-2-9(3-5-10)11-8-12(20-19-11)13-18-14(21-22-13)15(17)6-1-7-15/h2-5,8H,1,6-7,17H2,(H,19,20). The molecule has 0 amide bonds. The van der Waals surface area contributed by atoms with Gasteiger partial charge in [0.2, 0.25) is 0 Å². The van der Waals surface area contributed by atoms with Crippen LogP contribution >= 0.6 is 15.9 Å². The molecule has 3 N–H and O–H groups in total. The molecule has 1 aliphatic rings. The number of nitrogens with one attached hydrogen (secondary N) is 1. The third kappa shape index (κ3) is 2.26. The maximum absolute atomic E-state index is 6.21. The molecule has 112 valence electrons.